The number of hydrogen-bond acceptors (Lipinski definition) is 2. The topological polar surface area (TPSA) is 46.1 Å². The van der Waals surface area contributed by atoms with E-state index >= 15 is 0 Å². The molecule has 0 N–H and O–H groups in total. The Labute approximate surface area is 187 Å². The van der Waals surface area contributed by atoms with E-state index in [2.05, 4.69) is 0 Å². The Morgan fingerprint density at radius 2 is 0.889 bits per heavy atom. The Morgan fingerprint density at radius 1 is 0.593 bits per heavy atom. The molecule has 2 aromatic carbocycles. The van der Waals surface area contributed by atoms with Crippen LogP contribution in [0.1, 0.15) is 6.42 Å². The van der Waals surface area contributed by atoms with Crippen molar-refractivity contribution in [2.75, 3.05) is 0 Å². The van der Waals surface area contributed by atoms with Crippen molar-refractivity contribution in [1.29, 1.82) is 0 Å². The quantitative estimate of drug-likeness (QED) is 0.354. The summed E-state index contributed by atoms with van der Waals surface area (Å²) >= 11 is 0. The molecule has 0 saturated heterocycles. The molecule has 0 heterocycles. The summed E-state index contributed by atoms with van der Waals surface area (Å²) in [6.45, 7) is 0. The normalized spacial score (nSPS) is 12.3. The summed E-state index contributed by atoms with van der Waals surface area (Å²) in [6, 6.07) is 20.0. The van der Waals surface area contributed by atoms with E-state index in [9.17, 15) is 10.2 Å². The van der Waals surface area contributed by atoms with E-state index < -0.39 is 0 Å². The Morgan fingerprint density at radius 3 is 1.11 bits per heavy atom. The van der Waals surface area contributed by atoms with E-state index in [0.29, 0.717) is 11.1 Å². The van der Waals surface area contributed by atoms with Gasteiger partial charge >= 0.3 is 39.6 Å². The first-order valence-electron chi connectivity index (χ1n) is 8.10. The van der Waals surface area contributed by atoms with Crippen LogP contribution in [0, 0.1) is 0 Å². The molecule has 0 atom stereocenters. The van der Waals surface area contributed by atoms with Gasteiger partial charge in [-0.15, -0.1) is 11.5 Å². The zero-order valence-corrected chi connectivity index (χ0v) is 19.7. The summed E-state index contributed by atoms with van der Waals surface area (Å²) < 4.78 is 0. The summed E-state index contributed by atoms with van der Waals surface area (Å²) in [5.41, 5.74) is 1.21. The van der Waals surface area contributed by atoms with E-state index in [0.717, 1.165) is 0 Å². The molecule has 4 heteroatoms. The molecule has 0 fully saturated rings. The van der Waals surface area contributed by atoms with Gasteiger partial charge in [-0.25, -0.2) is 24.3 Å². The number of allylic oxidation sites excluding steroid dienone is 10. The van der Waals surface area contributed by atoms with E-state index in [1.54, 1.807) is 48.6 Å². The van der Waals surface area contributed by atoms with E-state index in [1.165, 1.54) is 0 Å². The fourth-order valence-electron chi connectivity index (χ4n) is 2.11. The van der Waals surface area contributed by atoms with Crippen LogP contribution < -0.4 is 10.2 Å². The summed E-state index contributed by atoms with van der Waals surface area (Å²) in [5, 5.41) is 23.2. The maximum absolute atomic E-state index is 11.6. The van der Waals surface area contributed by atoms with Gasteiger partial charge in [-0.2, -0.15) is 36.4 Å². The van der Waals surface area contributed by atoms with Crippen molar-refractivity contribution >= 4 is 0 Å². The fourth-order valence-corrected chi connectivity index (χ4v) is 2.11. The maximum Gasteiger partial charge on any atom is 2.00 e. The van der Waals surface area contributed by atoms with E-state index in [-0.39, 0.29) is 57.5 Å². The standard InChI is InChI=1S/C13H12O2.2C5H5.2Os/c14-12(10-5-1-2-6-10)9-13(15)11-7-3-4-8-11;2*1-2-4-5-3-1;;/h1-8,14-15H,9H2;2*1-5H;;/q;2*-1;2*+2/p-2. The Hall–Kier alpha value is -1.99. The molecule has 0 aliphatic heterocycles. The molecule has 0 aromatic heterocycles. The largest absolute Gasteiger partial charge is 2.00 e. The molecule has 2 aliphatic carbocycles. The maximum atomic E-state index is 11.6. The molecule has 0 radical (unpaired) electrons. The van der Waals surface area contributed by atoms with Crippen LogP contribution >= 0.6 is 0 Å². The summed E-state index contributed by atoms with van der Waals surface area (Å²) in [5.74, 6) is -0.239. The molecular formula is C23H20O2Os2. The predicted octanol–water partition coefficient (Wildman–Crippen LogP) is 3.66. The van der Waals surface area contributed by atoms with Crippen LogP contribution in [0.5, 0.6) is 0 Å². The zero-order chi connectivity index (χ0) is 17.7. The molecule has 2 aliphatic rings. The monoisotopic (exact) mass is 712 g/mol. The molecule has 0 bridgehead atoms. The van der Waals surface area contributed by atoms with Crippen molar-refractivity contribution in [1.82, 2.24) is 0 Å². The van der Waals surface area contributed by atoms with Crippen LogP contribution in [0.3, 0.4) is 0 Å². The second kappa shape index (κ2) is 15.1. The Kier molecular flexibility index (Phi) is 14.0. The van der Waals surface area contributed by atoms with Gasteiger partial charge in [-0.05, 0) is 17.6 Å². The van der Waals surface area contributed by atoms with Crippen molar-refractivity contribution in [3.8, 4) is 0 Å². The van der Waals surface area contributed by atoms with Crippen LogP contribution in [0.15, 0.2) is 132 Å². The molecule has 0 spiro atoms. The average molecular weight is 709 g/mol. The Bertz CT molecular complexity index is 657. The third-order valence-electron chi connectivity index (χ3n) is 3.40. The molecular weight excluding hydrogens is 689 g/mol. The minimum absolute atomic E-state index is 0. The van der Waals surface area contributed by atoms with Gasteiger partial charge in [0.15, 0.2) is 0 Å². The minimum atomic E-state index is -0.119. The average Bonchev–Trinajstić information content (AvgIpc) is 3.48. The van der Waals surface area contributed by atoms with Gasteiger partial charge in [0.25, 0.3) is 0 Å². The molecule has 2 aromatic rings. The third-order valence-corrected chi connectivity index (χ3v) is 3.40. The van der Waals surface area contributed by atoms with Crippen molar-refractivity contribution in [2.45, 2.75) is 6.42 Å². The number of rotatable bonds is 2. The third kappa shape index (κ3) is 10.1. The van der Waals surface area contributed by atoms with Crippen LogP contribution in [-0.2, 0) is 39.6 Å². The van der Waals surface area contributed by atoms with Gasteiger partial charge in [-0.1, -0.05) is 48.6 Å². The summed E-state index contributed by atoms with van der Waals surface area (Å²) in [7, 11) is 0. The fraction of sp³-hybridized carbons (Fsp3) is 0.0435. The van der Waals surface area contributed by atoms with E-state index in [4.69, 9.17) is 0 Å². The number of hydrogen-bond donors (Lipinski definition) is 0. The van der Waals surface area contributed by atoms with Gasteiger partial charge < -0.3 is 10.2 Å². The van der Waals surface area contributed by atoms with E-state index in [1.807, 2.05) is 60.7 Å². The summed E-state index contributed by atoms with van der Waals surface area (Å²) in [4.78, 5) is 0. The smallest absolute Gasteiger partial charge is 0.875 e. The van der Waals surface area contributed by atoms with Gasteiger partial charge in [0.1, 0.15) is 0 Å². The van der Waals surface area contributed by atoms with Crippen molar-refractivity contribution in [3.05, 3.63) is 132 Å². The van der Waals surface area contributed by atoms with Crippen molar-refractivity contribution < 1.29 is 49.8 Å². The minimum Gasteiger partial charge on any atom is -0.875 e. The SMILES string of the molecule is [O-]C(CC([O-])=C1C=CC=C1)=C1C=CC=C1.[Os+2].[Os+2].c1cc[cH-]c1.c1cc[cH-]c1. The van der Waals surface area contributed by atoms with Crippen molar-refractivity contribution in [2.24, 2.45) is 0 Å². The van der Waals surface area contributed by atoms with Gasteiger partial charge in [0, 0.05) is 0 Å². The second-order valence-corrected chi connectivity index (χ2v) is 5.29. The predicted molar refractivity (Wildman–Crippen MR) is 99.3 cm³/mol. The molecule has 0 unspecified atom stereocenters. The molecule has 27 heavy (non-hydrogen) atoms. The molecule has 140 valence electrons. The van der Waals surface area contributed by atoms with Crippen LogP contribution in [0.25, 0.3) is 0 Å². The van der Waals surface area contributed by atoms with Gasteiger partial charge in [-0.3, -0.25) is 0 Å². The van der Waals surface area contributed by atoms with Gasteiger partial charge in [0.2, 0.25) is 0 Å². The summed E-state index contributed by atoms with van der Waals surface area (Å²) in [6.07, 6.45) is 14.0. The van der Waals surface area contributed by atoms with Crippen molar-refractivity contribution in [3.63, 3.8) is 0 Å². The van der Waals surface area contributed by atoms with Crippen LogP contribution in [0.4, 0.5) is 0 Å². The first-order chi connectivity index (χ1) is 12.3. The zero-order valence-electron chi connectivity index (χ0n) is 14.6. The molecule has 4 rings (SSSR count). The first kappa shape index (κ1) is 25.0. The second-order valence-electron chi connectivity index (χ2n) is 5.29. The Balaban J connectivity index is 0.000000465. The first-order valence-corrected chi connectivity index (χ1v) is 8.10. The van der Waals surface area contributed by atoms with Crippen LogP contribution in [0.2, 0.25) is 0 Å². The van der Waals surface area contributed by atoms with Gasteiger partial charge in [0.05, 0.1) is 0 Å². The molecule has 0 amide bonds. The molecule has 2 nitrogen and oxygen atoms in total. The van der Waals surface area contributed by atoms with Crippen LogP contribution in [-0.4, -0.2) is 0 Å². The molecule has 0 saturated carbocycles.